The summed E-state index contributed by atoms with van der Waals surface area (Å²) in [4.78, 5) is 17.3. The summed E-state index contributed by atoms with van der Waals surface area (Å²) < 4.78 is 0. The second-order valence-electron chi connectivity index (χ2n) is 2.24. The third kappa shape index (κ3) is 6.57. The second kappa shape index (κ2) is 2.92. The maximum absolute atomic E-state index is 8.67. The van der Waals surface area contributed by atoms with E-state index in [0.29, 0.717) is 6.16 Å². The van der Waals surface area contributed by atoms with Gasteiger partial charge in [0.15, 0.2) is 6.49 Å². The summed E-state index contributed by atoms with van der Waals surface area (Å²) in [6.45, 7) is 0.932. The molecule has 0 atom stereocenters. The molecule has 0 amide bonds. The van der Waals surface area contributed by atoms with Gasteiger partial charge in [-0.3, -0.25) is 0 Å². The van der Waals surface area contributed by atoms with Crippen molar-refractivity contribution in [3.05, 3.63) is 0 Å². The Morgan fingerprint density at radius 3 is 1.88 bits per heavy atom. The van der Waals surface area contributed by atoms with Crippen molar-refractivity contribution in [2.45, 2.75) is 13.8 Å². The van der Waals surface area contributed by atoms with E-state index in [1.165, 1.54) is 0 Å². The Kier molecular flexibility index (Phi) is 3.13. The minimum Gasteiger partial charge on any atom is -0.345 e. The molecule has 0 bridgehead atoms. The molecule has 0 aromatic heterocycles. The summed E-state index contributed by atoms with van der Waals surface area (Å²) in [5, 5.41) is 0. The predicted molar refractivity (Wildman–Crippen MR) is 38.4 cm³/mol. The molecule has 0 unspecified atom stereocenters. The van der Waals surface area contributed by atoms with E-state index in [0.717, 1.165) is 0 Å². The van der Waals surface area contributed by atoms with E-state index in [-0.39, 0.29) is 5.92 Å². The maximum Gasteiger partial charge on any atom is 0.183 e. The summed E-state index contributed by atoms with van der Waals surface area (Å²) in [5.41, 5.74) is 0. The van der Waals surface area contributed by atoms with Crippen molar-refractivity contribution < 1.29 is 9.79 Å². The molecule has 0 saturated carbocycles. The van der Waals surface area contributed by atoms with E-state index >= 15 is 0 Å². The van der Waals surface area contributed by atoms with Crippen LogP contribution in [0.25, 0.3) is 0 Å². The fraction of sp³-hybridized carbons (Fsp3) is 1.00. The highest BCUT2D eigenvalue weighted by Crippen LogP contribution is 2.36. The highest BCUT2D eigenvalue weighted by Gasteiger charge is 2.08. The SMILES string of the molecule is CC(C)CP(O)(O)=S. The van der Waals surface area contributed by atoms with Crippen LogP contribution in [0, 0.1) is 5.92 Å². The van der Waals surface area contributed by atoms with Gasteiger partial charge < -0.3 is 9.79 Å². The maximum atomic E-state index is 8.67. The first-order valence-electron chi connectivity index (χ1n) is 2.46. The van der Waals surface area contributed by atoms with Crippen LogP contribution in [0.3, 0.4) is 0 Å². The highest BCUT2D eigenvalue weighted by molar-refractivity contribution is 8.09. The molecule has 0 saturated heterocycles. The zero-order chi connectivity index (χ0) is 6.78. The van der Waals surface area contributed by atoms with Crippen molar-refractivity contribution in [3.8, 4) is 0 Å². The van der Waals surface area contributed by atoms with Gasteiger partial charge in [-0.25, -0.2) is 0 Å². The summed E-state index contributed by atoms with van der Waals surface area (Å²) in [6, 6.07) is 0. The van der Waals surface area contributed by atoms with Gasteiger partial charge in [-0.05, 0) is 17.7 Å². The molecule has 0 aliphatic carbocycles. The number of rotatable bonds is 2. The molecule has 50 valence electrons. The van der Waals surface area contributed by atoms with Crippen LogP contribution < -0.4 is 0 Å². The van der Waals surface area contributed by atoms with Crippen LogP contribution in [-0.4, -0.2) is 15.9 Å². The lowest BCUT2D eigenvalue weighted by molar-refractivity contribution is 0.468. The van der Waals surface area contributed by atoms with Gasteiger partial charge >= 0.3 is 0 Å². The highest BCUT2D eigenvalue weighted by atomic mass is 32.5. The van der Waals surface area contributed by atoms with Crippen LogP contribution >= 0.6 is 6.49 Å². The molecule has 2 nitrogen and oxygen atoms in total. The van der Waals surface area contributed by atoms with Crippen molar-refractivity contribution >= 4 is 18.3 Å². The van der Waals surface area contributed by atoms with Crippen LogP contribution in [-0.2, 0) is 11.8 Å². The zero-order valence-electron chi connectivity index (χ0n) is 5.03. The average molecular weight is 154 g/mol. The topological polar surface area (TPSA) is 40.5 Å². The lowest BCUT2D eigenvalue weighted by atomic mass is 10.3. The Morgan fingerprint density at radius 1 is 1.50 bits per heavy atom. The zero-order valence-corrected chi connectivity index (χ0v) is 6.75. The molecule has 0 aliphatic heterocycles. The van der Waals surface area contributed by atoms with E-state index in [2.05, 4.69) is 11.8 Å². The van der Waals surface area contributed by atoms with E-state index in [4.69, 9.17) is 9.79 Å². The van der Waals surface area contributed by atoms with E-state index in [1.807, 2.05) is 13.8 Å². The van der Waals surface area contributed by atoms with Crippen LogP contribution in [0.2, 0.25) is 0 Å². The third-order valence-corrected chi connectivity index (χ3v) is 2.26. The lowest BCUT2D eigenvalue weighted by Gasteiger charge is -2.08. The molecule has 2 N–H and O–H groups in total. The Morgan fingerprint density at radius 2 is 1.88 bits per heavy atom. The normalized spacial score (nSPS) is 12.6. The molecule has 0 rings (SSSR count). The molecular formula is C4H11O2PS. The summed E-state index contributed by atoms with van der Waals surface area (Å²) in [5.74, 6) is 0.288. The minimum atomic E-state index is -2.89. The lowest BCUT2D eigenvalue weighted by Crippen LogP contribution is -1.95. The van der Waals surface area contributed by atoms with Gasteiger partial charge in [-0.15, -0.1) is 0 Å². The molecule has 0 fully saturated rings. The molecule has 4 heteroatoms. The average Bonchev–Trinajstić information content (AvgIpc) is 1.21. The molecular weight excluding hydrogens is 143 g/mol. The molecule has 0 aliphatic rings. The molecule has 8 heavy (non-hydrogen) atoms. The van der Waals surface area contributed by atoms with Crippen LogP contribution in [0.1, 0.15) is 13.8 Å². The van der Waals surface area contributed by atoms with Gasteiger partial charge in [0.1, 0.15) is 0 Å². The molecule has 0 aromatic rings. The number of hydrogen-bond donors (Lipinski definition) is 2. The monoisotopic (exact) mass is 154 g/mol. The molecule has 0 aromatic carbocycles. The summed E-state index contributed by atoms with van der Waals surface area (Å²) in [6.07, 6.45) is 0.363. The first-order chi connectivity index (χ1) is 3.42. The predicted octanol–water partition coefficient (Wildman–Crippen LogP) is 0.936. The minimum absolute atomic E-state index is 0.288. The third-order valence-electron chi connectivity index (χ3n) is 0.603. The summed E-state index contributed by atoms with van der Waals surface area (Å²) in [7, 11) is 0. The van der Waals surface area contributed by atoms with Gasteiger partial charge in [0, 0.05) is 6.16 Å². The fourth-order valence-corrected chi connectivity index (χ4v) is 2.32. The van der Waals surface area contributed by atoms with Crippen LogP contribution in [0.5, 0.6) is 0 Å². The van der Waals surface area contributed by atoms with E-state index in [1.54, 1.807) is 0 Å². The molecule has 0 heterocycles. The standard InChI is InChI=1S/C4H11O2PS/c1-4(2)3-7(5,6)8/h4H,3H2,1-2H3,(H2,5,6,8). The van der Waals surface area contributed by atoms with Crippen molar-refractivity contribution in [2.75, 3.05) is 6.16 Å². The Bertz CT molecular complexity index is 107. The van der Waals surface area contributed by atoms with Crippen LogP contribution in [0.4, 0.5) is 0 Å². The van der Waals surface area contributed by atoms with Crippen molar-refractivity contribution in [2.24, 2.45) is 5.92 Å². The van der Waals surface area contributed by atoms with E-state index < -0.39 is 6.49 Å². The Hall–Kier alpha value is 0.570. The smallest absolute Gasteiger partial charge is 0.183 e. The van der Waals surface area contributed by atoms with Crippen molar-refractivity contribution in [1.82, 2.24) is 0 Å². The molecule has 0 radical (unpaired) electrons. The first kappa shape index (κ1) is 8.57. The van der Waals surface area contributed by atoms with Crippen molar-refractivity contribution in [3.63, 3.8) is 0 Å². The second-order valence-corrected chi connectivity index (χ2v) is 5.69. The fourth-order valence-electron chi connectivity index (χ4n) is 0.476. The van der Waals surface area contributed by atoms with Crippen LogP contribution in [0.15, 0.2) is 0 Å². The van der Waals surface area contributed by atoms with Gasteiger partial charge in [0.2, 0.25) is 0 Å². The molecule has 0 spiro atoms. The quantitative estimate of drug-likeness (QED) is 0.581. The van der Waals surface area contributed by atoms with Gasteiger partial charge in [-0.1, -0.05) is 13.8 Å². The van der Waals surface area contributed by atoms with Crippen molar-refractivity contribution in [1.29, 1.82) is 0 Å². The van der Waals surface area contributed by atoms with E-state index in [9.17, 15) is 0 Å². The summed E-state index contributed by atoms with van der Waals surface area (Å²) >= 11 is 4.38. The Labute approximate surface area is 54.7 Å². The number of hydrogen-bond acceptors (Lipinski definition) is 1. The van der Waals surface area contributed by atoms with Gasteiger partial charge in [0.25, 0.3) is 0 Å². The largest absolute Gasteiger partial charge is 0.345 e. The van der Waals surface area contributed by atoms with Gasteiger partial charge in [0.05, 0.1) is 0 Å². The Balaban J connectivity index is 3.56. The first-order valence-corrected chi connectivity index (χ1v) is 5.35. The van der Waals surface area contributed by atoms with Gasteiger partial charge in [-0.2, -0.15) is 0 Å².